The van der Waals surface area contributed by atoms with Crippen molar-refractivity contribution in [2.45, 2.75) is 22.8 Å². The van der Waals surface area contributed by atoms with Crippen LogP contribution >= 0.6 is 23.1 Å². The molecule has 1 aliphatic rings. The van der Waals surface area contributed by atoms with E-state index in [-0.39, 0.29) is 34.0 Å². The van der Waals surface area contributed by atoms with Crippen LogP contribution in [-0.4, -0.2) is 72.3 Å². The molecule has 134 valence electrons. The van der Waals surface area contributed by atoms with Crippen LogP contribution < -0.4 is 0 Å². The van der Waals surface area contributed by atoms with Crippen LogP contribution in [-0.2, 0) is 14.8 Å². The van der Waals surface area contributed by atoms with Crippen molar-refractivity contribution in [2.75, 3.05) is 32.4 Å². The average Bonchev–Trinajstić information content (AvgIpc) is 3.06. The smallest absolute Gasteiger partial charge is 0.336 e. The van der Waals surface area contributed by atoms with Crippen LogP contribution in [0.5, 0.6) is 0 Å². The zero-order valence-electron chi connectivity index (χ0n) is 13.5. The molecule has 1 N–H and O–H groups in total. The Kier molecular flexibility index (Phi) is 6.29. The Labute approximate surface area is 149 Å². The van der Waals surface area contributed by atoms with Gasteiger partial charge in [-0.15, -0.1) is 11.3 Å². The summed E-state index contributed by atoms with van der Waals surface area (Å²) in [6.07, 6.45) is 2.40. The van der Waals surface area contributed by atoms with E-state index in [1.165, 1.54) is 15.8 Å². The highest BCUT2D eigenvalue weighted by Gasteiger charge is 2.31. The quantitative estimate of drug-likeness (QED) is 0.787. The molecule has 1 fully saturated rings. The maximum atomic E-state index is 12.6. The number of rotatable bonds is 6. The predicted octanol–water partition coefficient (Wildman–Crippen LogP) is 1.42. The first-order chi connectivity index (χ1) is 11.3. The molecule has 24 heavy (non-hydrogen) atoms. The molecule has 1 saturated heterocycles. The fourth-order valence-corrected chi connectivity index (χ4v) is 5.37. The number of carboxylic acids is 1. The van der Waals surface area contributed by atoms with Gasteiger partial charge in [0.15, 0.2) is 0 Å². The zero-order chi connectivity index (χ0) is 17.9. The van der Waals surface area contributed by atoms with E-state index in [9.17, 15) is 18.0 Å². The van der Waals surface area contributed by atoms with Gasteiger partial charge in [-0.05, 0) is 12.3 Å². The van der Waals surface area contributed by atoms with Crippen LogP contribution in [0.1, 0.15) is 23.7 Å². The normalized spacial score (nSPS) is 17.7. The Morgan fingerprint density at radius 3 is 2.46 bits per heavy atom. The summed E-state index contributed by atoms with van der Waals surface area (Å²) in [7, 11) is -3.71. The predicted molar refractivity (Wildman–Crippen MR) is 94.2 cm³/mol. The van der Waals surface area contributed by atoms with E-state index in [1.54, 1.807) is 16.7 Å². The summed E-state index contributed by atoms with van der Waals surface area (Å²) < 4.78 is 26.5. The minimum atomic E-state index is -3.71. The van der Waals surface area contributed by atoms with E-state index in [0.717, 1.165) is 11.3 Å². The van der Waals surface area contributed by atoms with Gasteiger partial charge in [0.05, 0.1) is 5.56 Å². The van der Waals surface area contributed by atoms with Gasteiger partial charge in [-0.2, -0.15) is 16.1 Å². The van der Waals surface area contributed by atoms with E-state index in [0.29, 0.717) is 19.5 Å². The van der Waals surface area contributed by atoms with E-state index in [1.807, 2.05) is 13.2 Å². The lowest BCUT2D eigenvalue weighted by molar-refractivity contribution is -0.132. The van der Waals surface area contributed by atoms with Crippen LogP contribution in [0.4, 0.5) is 0 Å². The Balaban J connectivity index is 2.00. The van der Waals surface area contributed by atoms with Crippen molar-refractivity contribution in [2.24, 2.45) is 0 Å². The molecular weight excluding hydrogens is 372 g/mol. The number of amides is 1. The fraction of sp³-hybridized carbons (Fsp3) is 0.571. The van der Waals surface area contributed by atoms with Gasteiger partial charge < -0.3 is 10.0 Å². The van der Waals surface area contributed by atoms with Crippen molar-refractivity contribution < 1.29 is 23.1 Å². The lowest BCUT2D eigenvalue weighted by atomic mass is 10.2. The number of sulfonamides is 1. The molecule has 0 aliphatic carbocycles. The lowest BCUT2D eigenvalue weighted by Crippen LogP contribution is -2.50. The van der Waals surface area contributed by atoms with E-state index >= 15 is 0 Å². The third-order valence-electron chi connectivity index (χ3n) is 3.87. The van der Waals surface area contributed by atoms with Gasteiger partial charge in [0.1, 0.15) is 4.21 Å². The Morgan fingerprint density at radius 1 is 1.33 bits per heavy atom. The molecule has 10 heteroatoms. The van der Waals surface area contributed by atoms with Crippen LogP contribution in [0, 0.1) is 0 Å². The molecule has 2 heterocycles. The first kappa shape index (κ1) is 19.2. The van der Waals surface area contributed by atoms with E-state index in [4.69, 9.17) is 5.11 Å². The third-order valence-corrected chi connectivity index (χ3v) is 8.16. The number of carbonyl (C=O) groups excluding carboxylic acids is 1. The SMILES string of the molecule is CSC(C)CC(=O)N1CCN(S(=O)(=O)c2cc(C(=O)O)cs2)CC1. The minimum absolute atomic E-state index is 0.0238. The van der Waals surface area contributed by atoms with Crippen LogP contribution in [0.15, 0.2) is 15.7 Å². The Morgan fingerprint density at radius 2 is 1.96 bits per heavy atom. The summed E-state index contributed by atoms with van der Waals surface area (Å²) in [4.78, 5) is 24.7. The van der Waals surface area contributed by atoms with Gasteiger partial charge in [-0.3, -0.25) is 4.79 Å². The number of hydrogen-bond donors (Lipinski definition) is 1. The summed E-state index contributed by atoms with van der Waals surface area (Å²) >= 11 is 2.53. The molecule has 0 aromatic carbocycles. The van der Waals surface area contributed by atoms with Gasteiger partial charge in [-0.25, -0.2) is 13.2 Å². The summed E-state index contributed by atoms with van der Waals surface area (Å²) in [5.41, 5.74) is -0.0292. The largest absolute Gasteiger partial charge is 0.478 e. The maximum Gasteiger partial charge on any atom is 0.336 e. The van der Waals surface area contributed by atoms with Gasteiger partial charge in [-0.1, -0.05) is 6.92 Å². The first-order valence-corrected chi connectivity index (χ1v) is 11.0. The van der Waals surface area contributed by atoms with Crippen LogP contribution in [0.3, 0.4) is 0 Å². The van der Waals surface area contributed by atoms with E-state index in [2.05, 4.69) is 0 Å². The van der Waals surface area contributed by atoms with Crippen molar-refractivity contribution in [1.82, 2.24) is 9.21 Å². The highest BCUT2D eigenvalue weighted by Crippen LogP contribution is 2.25. The number of hydrogen-bond acceptors (Lipinski definition) is 6. The number of thioether (sulfide) groups is 1. The molecule has 2 rings (SSSR count). The third kappa shape index (κ3) is 4.29. The molecule has 0 radical (unpaired) electrons. The molecule has 0 saturated carbocycles. The molecule has 7 nitrogen and oxygen atoms in total. The molecule has 0 bridgehead atoms. The van der Waals surface area contributed by atoms with Gasteiger partial charge in [0.25, 0.3) is 10.0 Å². The van der Waals surface area contributed by atoms with Gasteiger partial charge >= 0.3 is 5.97 Å². The van der Waals surface area contributed by atoms with Crippen molar-refractivity contribution in [3.05, 3.63) is 17.0 Å². The number of piperazine rings is 1. The molecule has 1 atom stereocenters. The highest BCUT2D eigenvalue weighted by atomic mass is 32.2. The molecule has 0 spiro atoms. The second-order valence-corrected chi connectivity index (χ2v) is 9.85. The van der Waals surface area contributed by atoms with Crippen molar-refractivity contribution >= 4 is 45.0 Å². The van der Waals surface area contributed by atoms with Gasteiger partial charge in [0.2, 0.25) is 5.91 Å². The molecule has 1 unspecified atom stereocenters. The maximum absolute atomic E-state index is 12.6. The van der Waals surface area contributed by atoms with Crippen molar-refractivity contribution in [3.8, 4) is 0 Å². The summed E-state index contributed by atoms with van der Waals surface area (Å²) in [5, 5.41) is 10.5. The Bertz CT molecular complexity index is 708. The van der Waals surface area contributed by atoms with Crippen molar-refractivity contribution in [1.29, 1.82) is 0 Å². The number of aromatic carboxylic acids is 1. The van der Waals surface area contributed by atoms with Gasteiger partial charge in [0, 0.05) is 43.2 Å². The topological polar surface area (TPSA) is 95.0 Å². The van der Waals surface area contributed by atoms with Crippen LogP contribution in [0.25, 0.3) is 0 Å². The minimum Gasteiger partial charge on any atom is -0.478 e. The van der Waals surface area contributed by atoms with Crippen molar-refractivity contribution in [3.63, 3.8) is 0 Å². The molecule has 1 aromatic heterocycles. The summed E-state index contributed by atoms with van der Waals surface area (Å²) in [6, 6.07) is 1.18. The zero-order valence-corrected chi connectivity index (χ0v) is 15.9. The second-order valence-electron chi connectivity index (χ2n) is 5.49. The highest BCUT2D eigenvalue weighted by molar-refractivity contribution is 7.99. The summed E-state index contributed by atoms with van der Waals surface area (Å²) in [6.45, 7) is 3.15. The van der Waals surface area contributed by atoms with E-state index < -0.39 is 16.0 Å². The number of thiophene rings is 1. The average molecular weight is 393 g/mol. The summed E-state index contributed by atoms with van der Waals surface area (Å²) in [5.74, 6) is -1.11. The number of carboxylic acid groups (broad SMARTS) is 1. The first-order valence-electron chi connectivity index (χ1n) is 7.38. The number of carbonyl (C=O) groups is 2. The molecule has 1 amide bonds. The monoisotopic (exact) mass is 392 g/mol. The van der Waals surface area contributed by atoms with Crippen LogP contribution in [0.2, 0.25) is 0 Å². The Hall–Kier alpha value is -1.10. The second kappa shape index (κ2) is 7.85. The number of nitrogens with zero attached hydrogens (tertiary/aromatic N) is 2. The standard InChI is InChI=1S/C14H20N2O5S3/c1-10(22-2)7-12(17)15-3-5-16(6-4-15)24(20,21)13-8-11(9-23-13)14(18)19/h8-10H,3-7H2,1-2H3,(H,18,19). The lowest BCUT2D eigenvalue weighted by Gasteiger charge is -2.34. The molecule has 1 aliphatic heterocycles. The molecular formula is C14H20N2O5S3. The molecule has 1 aromatic rings. The fourth-order valence-electron chi connectivity index (χ4n) is 2.33.